The quantitative estimate of drug-likeness (QED) is 0.616. The molecule has 152 valence electrons. The Morgan fingerprint density at radius 3 is 2.38 bits per heavy atom. The van der Waals surface area contributed by atoms with Gasteiger partial charge < -0.3 is 4.74 Å². The maximum atomic E-state index is 12.8. The minimum Gasteiger partial charge on any atom is -0.497 e. The molecule has 4 rings (SSSR count). The van der Waals surface area contributed by atoms with Crippen LogP contribution in [0.4, 0.5) is 0 Å². The predicted molar refractivity (Wildman–Crippen MR) is 108 cm³/mol. The molecule has 0 N–H and O–H groups in total. The summed E-state index contributed by atoms with van der Waals surface area (Å²) in [5.41, 5.74) is 1.66. The minimum absolute atomic E-state index is 0.0299. The topological polar surface area (TPSA) is 90.2 Å². The number of ether oxygens (including phenoxy) is 1. The Balaban J connectivity index is 1.44. The first kappa shape index (κ1) is 19.5. The van der Waals surface area contributed by atoms with Crippen LogP contribution in [0.2, 0.25) is 0 Å². The molecule has 1 fully saturated rings. The Hall–Kier alpha value is -2.78. The number of sulfonamides is 1. The van der Waals surface area contributed by atoms with Crippen LogP contribution in [0.1, 0.15) is 30.1 Å². The van der Waals surface area contributed by atoms with Crippen molar-refractivity contribution in [3.05, 3.63) is 66.0 Å². The lowest BCUT2D eigenvalue weighted by molar-refractivity contribution is 0.311. The first-order chi connectivity index (χ1) is 14.1. The van der Waals surface area contributed by atoms with Gasteiger partial charge in [-0.2, -0.15) is 4.68 Å². The highest BCUT2D eigenvalue weighted by Crippen LogP contribution is 2.29. The van der Waals surface area contributed by atoms with E-state index in [1.807, 2.05) is 54.6 Å². The highest BCUT2D eigenvalue weighted by molar-refractivity contribution is 7.88. The fourth-order valence-corrected chi connectivity index (χ4v) is 5.19. The molecule has 2 aromatic carbocycles. The third kappa shape index (κ3) is 4.30. The van der Waals surface area contributed by atoms with Gasteiger partial charge in [-0.25, -0.2) is 12.7 Å². The fourth-order valence-electron chi connectivity index (χ4n) is 3.62. The number of hydrogen-bond acceptors (Lipinski definition) is 6. The fraction of sp³-hybridized carbons (Fsp3) is 0.350. The Morgan fingerprint density at radius 1 is 1.03 bits per heavy atom. The standard InChI is InChI=1S/C20H23N5O3S/c1-28-19-9-7-18(8-10-19)25-20(21-22-23-25)17-11-13-24(14-12-17)29(26,27)15-16-5-3-2-4-6-16/h2-10,17H,11-15H2,1H3. The second kappa shape index (κ2) is 8.30. The van der Waals surface area contributed by atoms with Gasteiger partial charge in [-0.3, -0.25) is 0 Å². The van der Waals surface area contributed by atoms with Gasteiger partial charge in [0.2, 0.25) is 10.0 Å². The Bertz CT molecular complexity index is 1040. The molecule has 1 saturated heterocycles. The highest BCUT2D eigenvalue weighted by Gasteiger charge is 2.31. The van der Waals surface area contributed by atoms with Gasteiger partial charge >= 0.3 is 0 Å². The van der Waals surface area contributed by atoms with Crippen LogP contribution in [0.15, 0.2) is 54.6 Å². The van der Waals surface area contributed by atoms with Gasteiger partial charge in [0.25, 0.3) is 0 Å². The lowest BCUT2D eigenvalue weighted by Crippen LogP contribution is -2.39. The molecule has 2 heterocycles. The van der Waals surface area contributed by atoms with Crippen LogP contribution in [-0.4, -0.2) is 53.1 Å². The normalized spacial score (nSPS) is 16.0. The average Bonchev–Trinajstić information content (AvgIpc) is 3.24. The summed E-state index contributed by atoms with van der Waals surface area (Å²) < 4.78 is 34.0. The van der Waals surface area contributed by atoms with Gasteiger partial charge in [-0.15, -0.1) is 5.10 Å². The molecule has 3 aromatic rings. The van der Waals surface area contributed by atoms with Gasteiger partial charge in [0, 0.05) is 19.0 Å². The van der Waals surface area contributed by atoms with Crippen molar-refractivity contribution >= 4 is 10.0 Å². The van der Waals surface area contributed by atoms with E-state index in [1.165, 1.54) is 0 Å². The molecule has 29 heavy (non-hydrogen) atoms. The summed E-state index contributed by atoms with van der Waals surface area (Å²) in [5.74, 6) is 1.66. The minimum atomic E-state index is -3.34. The predicted octanol–water partition coefficient (Wildman–Crippen LogP) is 2.38. The van der Waals surface area contributed by atoms with Crippen LogP contribution < -0.4 is 4.74 Å². The van der Waals surface area contributed by atoms with E-state index in [0.29, 0.717) is 25.9 Å². The SMILES string of the molecule is COc1ccc(-n2nnnc2C2CCN(S(=O)(=O)Cc3ccccc3)CC2)cc1. The summed E-state index contributed by atoms with van der Waals surface area (Å²) in [7, 11) is -1.72. The first-order valence-electron chi connectivity index (χ1n) is 9.51. The van der Waals surface area contributed by atoms with Crippen LogP contribution in [0.25, 0.3) is 5.69 Å². The second-order valence-corrected chi connectivity index (χ2v) is 9.03. The van der Waals surface area contributed by atoms with E-state index in [4.69, 9.17) is 4.74 Å². The summed E-state index contributed by atoms with van der Waals surface area (Å²) in [4.78, 5) is 0. The number of rotatable bonds is 6. The molecule has 0 aliphatic carbocycles. The van der Waals surface area contributed by atoms with E-state index >= 15 is 0 Å². The van der Waals surface area contributed by atoms with Crippen molar-refractivity contribution in [3.8, 4) is 11.4 Å². The Labute approximate surface area is 170 Å². The molecule has 0 radical (unpaired) electrons. The Morgan fingerprint density at radius 2 is 1.72 bits per heavy atom. The molecule has 1 aromatic heterocycles. The van der Waals surface area contributed by atoms with E-state index in [2.05, 4.69) is 15.5 Å². The van der Waals surface area contributed by atoms with E-state index in [-0.39, 0.29) is 11.7 Å². The number of benzene rings is 2. The number of tetrazole rings is 1. The van der Waals surface area contributed by atoms with Gasteiger partial charge in [-0.1, -0.05) is 30.3 Å². The zero-order chi connectivity index (χ0) is 20.3. The van der Waals surface area contributed by atoms with Crippen LogP contribution in [0, 0.1) is 0 Å². The van der Waals surface area contributed by atoms with Crippen LogP contribution >= 0.6 is 0 Å². The van der Waals surface area contributed by atoms with Gasteiger partial charge in [0.1, 0.15) is 5.75 Å². The van der Waals surface area contributed by atoms with Crippen molar-refractivity contribution in [1.29, 1.82) is 0 Å². The summed E-state index contributed by atoms with van der Waals surface area (Å²) in [6.45, 7) is 0.935. The van der Waals surface area contributed by atoms with E-state index in [9.17, 15) is 8.42 Å². The average molecular weight is 414 g/mol. The number of methoxy groups -OCH3 is 1. The molecule has 9 heteroatoms. The van der Waals surface area contributed by atoms with Crippen molar-refractivity contribution in [2.75, 3.05) is 20.2 Å². The Kier molecular flexibility index (Phi) is 5.59. The zero-order valence-electron chi connectivity index (χ0n) is 16.2. The summed E-state index contributed by atoms with van der Waals surface area (Å²) in [6, 6.07) is 16.8. The second-order valence-electron chi connectivity index (χ2n) is 7.06. The van der Waals surface area contributed by atoms with Gasteiger partial charge in [0.05, 0.1) is 18.6 Å². The summed E-state index contributed by atoms with van der Waals surface area (Å²) in [6.07, 6.45) is 1.37. The molecule has 0 amide bonds. The zero-order valence-corrected chi connectivity index (χ0v) is 17.0. The summed E-state index contributed by atoms with van der Waals surface area (Å²) in [5, 5.41) is 12.2. The monoisotopic (exact) mass is 413 g/mol. The van der Waals surface area contributed by atoms with E-state index in [1.54, 1.807) is 16.1 Å². The maximum absolute atomic E-state index is 12.8. The molecule has 1 aliphatic heterocycles. The van der Waals surface area contributed by atoms with E-state index in [0.717, 1.165) is 22.8 Å². The van der Waals surface area contributed by atoms with Crippen molar-refractivity contribution in [2.24, 2.45) is 0 Å². The van der Waals surface area contributed by atoms with Crippen molar-refractivity contribution in [1.82, 2.24) is 24.5 Å². The number of piperidine rings is 1. The molecular weight excluding hydrogens is 390 g/mol. The lowest BCUT2D eigenvalue weighted by Gasteiger charge is -2.30. The van der Waals surface area contributed by atoms with Crippen LogP contribution in [-0.2, 0) is 15.8 Å². The smallest absolute Gasteiger partial charge is 0.218 e. The van der Waals surface area contributed by atoms with Crippen LogP contribution in [0.3, 0.4) is 0 Å². The molecule has 1 aliphatic rings. The van der Waals surface area contributed by atoms with Crippen molar-refractivity contribution < 1.29 is 13.2 Å². The molecule has 0 unspecified atom stereocenters. The molecule has 0 bridgehead atoms. The molecular formula is C20H23N5O3S. The maximum Gasteiger partial charge on any atom is 0.218 e. The van der Waals surface area contributed by atoms with Gasteiger partial charge in [0.15, 0.2) is 5.82 Å². The highest BCUT2D eigenvalue weighted by atomic mass is 32.2. The molecule has 0 saturated carbocycles. The number of hydrogen-bond donors (Lipinski definition) is 0. The number of aromatic nitrogens is 4. The molecule has 8 nitrogen and oxygen atoms in total. The first-order valence-corrected chi connectivity index (χ1v) is 11.1. The summed E-state index contributed by atoms with van der Waals surface area (Å²) >= 11 is 0. The van der Waals surface area contributed by atoms with E-state index < -0.39 is 10.0 Å². The largest absolute Gasteiger partial charge is 0.497 e. The van der Waals surface area contributed by atoms with Crippen LogP contribution in [0.5, 0.6) is 5.75 Å². The molecule has 0 spiro atoms. The molecule has 0 atom stereocenters. The third-order valence-electron chi connectivity index (χ3n) is 5.21. The number of nitrogens with zero attached hydrogens (tertiary/aromatic N) is 5. The van der Waals surface area contributed by atoms with Crippen molar-refractivity contribution in [2.45, 2.75) is 24.5 Å². The van der Waals surface area contributed by atoms with Gasteiger partial charge in [-0.05, 0) is 53.1 Å². The third-order valence-corrected chi connectivity index (χ3v) is 7.07. The van der Waals surface area contributed by atoms with Crippen molar-refractivity contribution in [3.63, 3.8) is 0 Å². The lowest BCUT2D eigenvalue weighted by atomic mass is 9.97.